The van der Waals surface area contributed by atoms with Crippen LogP contribution in [0.1, 0.15) is 13.8 Å². The van der Waals surface area contributed by atoms with Crippen LogP contribution in [0.5, 0.6) is 0 Å². The van der Waals surface area contributed by atoms with E-state index in [9.17, 15) is 13.2 Å². The smallest absolute Gasteiger partial charge is 0.317 e. The lowest BCUT2D eigenvalue weighted by molar-refractivity contribution is -0.118. The van der Waals surface area contributed by atoms with Crippen molar-refractivity contribution >= 4 is 15.9 Å². The number of imidazole rings is 1. The maximum atomic E-state index is 12.5. The summed E-state index contributed by atoms with van der Waals surface area (Å²) in [6, 6.07) is -0.123. The molecule has 3 rings (SSSR count). The van der Waals surface area contributed by atoms with Gasteiger partial charge in [-0.2, -0.15) is 0 Å². The van der Waals surface area contributed by atoms with Crippen LogP contribution in [-0.2, 0) is 21.1 Å². The zero-order valence-corrected chi connectivity index (χ0v) is 14.1. The second-order valence-electron chi connectivity index (χ2n) is 6.64. The first-order chi connectivity index (χ1) is 10.8. The van der Waals surface area contributed by atoms with Crippen LogP contribution in [0, 0.1) is 0 Å². The van der Waals surface area contributed by atoms with Crippen LogP contribution in [0.25, 0.3) is 0 Å². The third kappa shape index (κ3) is 3.35. The molecule has 1 aromatic rings. The van der Waals surface area contributed by atoms with Gasteiger partial charge < -0.3 is 19.5 Å². The Kier molecular flexibility index (Phi) is 4.09. The summed E-state index contributed by atoms with van der Waals surface area (Å²) in [6.07, 6.45) is 4.96. The lowest BCUT2D eigenvalue weighted by Gasteiger charge is -2.52. The summed E-state index contributed by atoms with van der Waals surface area (Å²) >= 11 is 0. The van der Waals surface area contributed by atoms with Gasteiger partial charge in [0.25, 0.3) is 0 Å². The van der Waals surface area contributed by atoms with Crippen LogP contribution in [0.15, 0.2) is 18.7 Å². The molecular weight excluding hydrogens is 320 g/mol. The molecule has 2 aliphatic heterocycles. The summed E-state index contributed by atoms with van der Waals surface area (Å²) in [5.41, 5.74) is -0.738. The molecule has 1 aromatic heterocycles. The number of sulfone groups is 1. The molecule has 1 atom stereocenters. The van der Waals surface area contributed by atoms with E-state index in [1.54, 1.807) is 28.2 Å². The predicted molar refractivity (Wildman–Crippen MR) is 83.7 cm³/mol. The Morgan fingerprint density at radius 1 is 1.48 bits per heavy atom. The molecule has 0 unspecified atom stereocenters. The Balaban J connectivity index is 1.59. The van der Waals surface area contributed by atoms with E-state index in [4.69, 9.17) is 4.74 Å². The fourth-order valence-corrected chi connectivity index (χ4v) is 4.92. The molecule has 0 saturated carbocycles. The van der Waals surface area contributed by atoms with Gasteiger partial charge in [-0.1, -0.05) is 0 Å². The van der Waals surface area contributed by atoms with Crippen molar-refractivity contribution in [2.75, 3.05) is 25.4 Å². The fourth-order valence-electron chi connectivity index (χ4n) is 3.01. The summed E-state index contributed by atoms with van der Waals surface area (Å²) in [4.78, 5) is 17.4. The normalized spacial score (nSPS) is 25.3. The van der Waals surface area contributed by atoms with E-state index in [1.807, 2.05) is 13.8 Å². The highest BCUT2D eigenvalue weighted by Crippen LogP contribution is 2.33. The molecule has 0 bridgehead atoms. The van der Waals surface area contributed by atoms with E-state index >= 15 is 0 Å². The molecule has 8 nitrogen and oxygen atoms in total. The molecular formula is C14H22N4O4S. The van der Waals surface area contributed by atoms with Crippen LogP contribution >= 0.6 is 0 Å². The second kappa shape index (κ2) is 5.79. The molecule has 1 spiro atoms. The van der Waals surface area contributed by atoms with Gasteiger partial charge in [-0.3, -0.25) is 0 Å². The Labute approximate surface area is 135 Å². The van der Waals surface area contributed by atoms with Crippen LogP contribution in [0.4, 0.5) is 4.79 Å². The van der Waals surface area contributed by atoms with Gasteiger partial charge in [-0.15, -0.1) is 0 Å². The van der Waals surface area contributed by atoms with Crippen molar-refractivity contribution in [1.82, 2.24) is 19.8 Å². The van der Waals surface area contributed by atoms with Gasteiger partial charge in [0.1, 0.15) is 10.9 Å². The number of urea groups is 1. The van der Waals surface area contributed by atoms with E-state index in [2.05, 4.69) is 10.3 Å². The number of hydrogen-bond acceptors (Lipinski definition) is 5. The number of nitrogens with zero attached hydrogens (tertiary/aromatic N) is 3. The molecule has 9 heteroatoms. The number of rotatable bonds is 3. The zero-order valence-electron chi connectivity index (χ0n) is 13.3. The molecule has 3 heterocycles. The SMILES string of the molecule is CC(C)NC(=O)N1CC2(C1)CS(=O)(=O)[C@@H](Cn1ccnc1)CO2. The van der Waals surface area contributed by atoms with E-state index in [0.29, 0.717) is 19.6 Å². The molecule has 0 aliphatic carbocycles. The lowest BCUT2D eigenvalue weighted by atomic mass is 9.96. The minimum Gasteiger partial charge on any atom is -0.369 e. The number of likely N-dealkylation sites (tertiary alicyclic amines) is 1. The lowest BCUT2D eigenvalue weighted by Crippen LogP contribution is -2.72. The number of aromatic nitrogens is 2. The molecule has 0 radical (unpaired) electrons. The Morgan fingerprint density at radius 2 is 2.22 bits per heavy atom. The predicted octanol–water partition coefficient (Wildman–Crippen LogP) is -0.131. The number of carbonyl (C=O) groups excluding carboxylic acids is 1. The molecule has 2 saturated heterocycles. The van der Waals surface area contributed by atoms with Gasteiger partial charge in [-0.25, -0.2) is 18.2 Å². The quantitative estimate of drug-likeness (QED) is 0.826. The van der Waals surface area contributed by atoms with Crippen LogP contribution < -0.4 is 5.32 Å². The maximum Gasteiger partial charge on any atom is 0.317 e. The van der Waals surface area contributed by atoms with Gasteiger partial charge in [0.15, 0.2) is 9.84 Å². The third-order valence-corrected chi connectivity index (χ3v) is 6.41. The van der Waals surface area contributed by atoms with Crippen molar-refractivity contribution in [2.45, 2.75) is 37.3 Å². The summed E-state index contributed by atoms with van der Waals surface area (Å²) in [5.74, 6) is -0.0369. The van der Waals surface area contributed by atoms with Gasteiger partial charge in [0.05, 0.1) is 31.8 Å². The van der Waals surface area contributed by atoms with E-state index < -0.39 is 20.7 Å². The van der Waals surface area contributed by atoms with E-state index in [-0.39, 0.29) is 24.4 Å². The number of ether oxygens (including phenoxy) is 1. The van der Waals surface area contributed by atoms with E-state index in [0.717, 1.165) is 0 Å². The average Bonchev–Trinajstić information content (AvgIpc) is 2.90. The minimum atomic E-state index is -3.27. The molecule has 0 aromatic carbocycles. The number of carbonyl (C=O) groups is 1. The maximum absolute atomic E-state index is 12.5. The third-order valence-electron chi connectivity index (χ3n) is 4.18. The van der Waals surface area contributed by atoms with Gasteiger partial charge in [0, 0.05) is 25.0 Å². The molecule has 2 fully saturated rings. The first-order valence-corrected chi connectivity index (χ1v) is 9.38. The highest BCUT2D eigenvalue weighted by atomic mass is 32.2. The molecule has 128 valence electrons. The fraction of sp³-hybridized carbons (Fsp3) is 0.714. The minimum absolute atomic E-state index is 0.0369. The topological polar surface area (TPSA) is 93.5 Å². The summed E-state index contributed by atoms with van der Waals surface area (Å²) in [7, 11) is -3.27. The van der Waals surface area contributed by atoms with Crippen molar-refractivity contribution < 1.29 is 17.9 Å². The van der Waals surface area contributed by atoms with Gasteiger partial charge >= 0.3 is 6.03 Å². The highest BCUT2D eigenvalue weighted by Gasteiger charge is 2.53. The Hall–Kier alpha value is -1.61. The number of nitrogens with one attached hydrogen (secondary N) is 1. The van der Waals surface area contributed by atoms with Crippen LogP contribution in [0.2, 0.25) is 0 Å². The summed E-state index contributed by atoms with van der Waals surface area (Å²) < 4.78 is 32.7. The summed E-state index contributed by atoms with van der Waals surface area (Å²) in [6.45, 7) is 4.91. The van der Waals surface area contributed by atoms with Crippen LogP contribution in [0.3, 0.4) is 0 Å². The zero-order chi connectivity index (χ0) is 16.7. The van der Waals surface area contributed by atoms with Crippen molar-refractivity contribution in [3.05, 3.63) is 18.7 Å². The molecule has 2 amide bonds. The number of amides is 2. The largest absolute Gasteiger partial charge is 0.369 e. The molecule has 23 heavy (non-hydrogen) atoms. The molecule has 2 aliphatic rings. The average molecular weight is 342 g/mol. The van der Waals surface area contributed by atoms with Crippen molar-refractivity contribution in [3.8, 4) is 0 Å². The van der Waals surface area contributed by atoms with Gasteiger partial charge in [-0.05, 0) is 13.8 Å². The Morgan fingerprint density at radius 3 is 2.78 bits per heavy atom. The van der Waals surface area contributed by atoms with Crippen LogP contribution in [-0.4, -0.2) is 71.2 Å². The van der Waals surface area contributed by atoms with Crippen molar-refractivity contribution in [2.24, 2.45) is 0 Å². The first-order valence-electron chi connectivity index (χ1n) is 7.66. The standard InChI is InChI=1S/C14H22N4O4S/c1-11(2)16-13(19)18-7-14(8-18)9-23(20,21)12(6-22-14)5-17-4-3-15-10-17/h3-4,10-12H,5-9H2,1-2H3,(H,16,19)/t12-/m0/s1. The van der Waals surface area contributed by atoms with E-state index in [1.165, 1.54) is 0 Å². The highest BCUT2D eigenvalue weighted by molar-refractivity contribution is 7.92. The second-order valence-corrected chi connectivity index (χ2v) is 8.92. The van der Waals surface area contributed by atoms with Crippen molar-refractivity contribution in [3.63, 3.8) is 0 Å². The van der Waals surface area contributed by atoms with Gasteiger partial charge in [0.2, 0.25) is 0 Å². The summed E-state index contributed by atoms with van der Waals surface area (Å²) in [5, 5.41) is 2.23. The number of hydrogen-bond donors (Lipinski definition) is 1. The van der Waals surface area contributed by atoms with Crippen molar-refractivity contribution in [1.29, 1.82) is 0 Å². The Bertz CT molecular complexity index is 665. The molecule has 1 N–H and O–H groups in total. The monoisotopic (exact) mass is 342 g/mol. The first kappa shape index (κ1) is 16.3.